The first-order chi connectivity index (χ1) is 8.11. The Bertz CT molecular complexity index is 581. The van der Waals surface area contributed by atoms with Crippen LogP contribution in [0.5, 0.6) is 0 Å². The topological polar surface area (TPSA) is 89.8 Å². The van der Waals surface area contributed by atoms with Crippen LogP contribution < -0.4 is 4.72 Å². The van der Waals surface area contributed by atoms with Gasteiger partial charge in [-0.05, 0) is 12.1 Å². The number of hydrogen-bond acceptors (Lipinski definition) is 5. The van der Waals surface area contributed by atoms with Crippen LogP contribution in [0.1, 0.15) is 0 Å². The zero-order valence-electron chi connectivity index (χ0n) is 8.49. The van der Waals surface area contributed by atoms with Crippen LogP contribution in [0.15, 0.2) is 31.0 Å². The van der Waals surface area contributed by atoms with Crippen LogP contribution in [-0.2, 0) is 10.0 Å². The summed E-state index contributed by atoms with van der Waals surface area (Å²) in [7, 11) is -3.35. The molecule has 9 heteroatoms. The van der Waals surface area contributed by atoms with Gasteiger partial charge in [0, 0.05) is 0 Å². The van der Waals surface area contributed by atoms with Gasteiger partial charge in [0.05, 0.1) is 11.9 Å². The highest BCUT2D eigenvalue weighted by Crippen LogP contribution is 2.11. The summed E-state index contributed by atoms with van der Waals surface area (Å²) in [6, 6.07) is 3.24. The number of anilines is 1. The van der Waals surface area contributed by atoms with Gasteiger partial charge < -0.3 is 0 Å². The molecule has 0 saturated carbocycles. The maximum Gasteiger partial charge on any atom is 0.242 e. The molecule has 0 amide bonds. The van der Waals surface area contributed by atoms with Gasteiger partial charge in [0.1, 0.15) is 17.3 Å². The second-order valence-corrected chi connectivity index (χ2v) is 6.10. The SMILES string of the molecule is O=S(=O)(CBr)Nc1ccc(-n2cncn2)nc1. The van der Waals surface area contributed by atoms with Gasteiger partial charge in [-0.1, -0.05) is 15.9 Å². The van der Waals surface area contributed by atoms with Crippen LogP contribution >= 0.6 is 15.9 Å². The molecule has 2 aromatic heterocycles. The predicted octanol–water partition coefficient (Wildman–Crippen LogP) is 0.756. The van der Waals surface area contributed by atoms with Gasteiger partial charge in [0.2, 0.25) is 10.0 Å². The average molecular weight is 318 g/mol. The Kier molecular flexibility index (Phi) is 3.38. The number of alkyl halides is 1. The summed E-state index contributed by atoms with van der Waals surface area (Å²) >= 11 is 2.88. The molecule has 17 heavy (non-hydrogen) atoms. The van der Waals surface area contributed by atoms with Crippen LogP contribution in [0.25, 0.3) is 5.82 Å². The number of nitrogens with zero attached hydrogens (tertiary/aromatic N) is 4. The number of halogens is 1. The standard InChI is InChI=1S/C8H8BrN5O2S/c9-4-17(15,16)13-7-1-2-8(11-3-7)14-6-10-5-12-14/h1-3,5-6,13H,4H2. The van der Waals surface area contributed by atoms with Crippen LogP contribution in [0.2, 0.25) is 0 Å². The normalized spacial score (nSPS) is 11.4. The largest absolute Gasteiger partial charge is 0.281 e. The lowest BCUT2D eigenvalue weighted by Gasteiger charge is -2.05. The number of pyridine rings is 1. The number of rotatable bonds is 4. The number of aromatic nitrogens is 4. The zero-order chi connectivity index (χ0) is 12.3. The first-order valence-electron chi connectivity index (χ1n) is 4.48. The first-order valence-corrected chi connectivity index (χ1v) is 7.25. The van der Waals surface area contributed by atoms with E-state index in [-0.39, 0.29) is 4.66 Å². The fourth-order valence-corrected chi connectivity index (χ4v) is 1.99. The summed E-state index contributed by atoms with van der Waals surface area (Å²) in [4.78, 5) is 7.85. The molecule has 0 spiro atoms. The van der Waals surface area contributed by atoms with Crippen molar-refractivity contribution in [3.63, 3.8) is 0 Å². The molecule has 0 fully saturated rings. The smallest absolute Gasteiger partial charge is 0.242 e. The average Bonchev–Trinajstić information content (AvgIpc) is 2.83. The molecule has 0 aliphatic heterocycles. The third-order valence-electron chi connectivity index (χ3n) is 1.82. The molecular weight excluding hydrogens is 310 g/mol. The Hall–Kier alpha value is -1.48. The van der Waals surface area contributed by atoms with Gasteiger partial charge in [-0.25, -0.2) is 23.1 Å². The quantitative estimate of drug-likeness (QED) is 0.841. The summed E-state index contributed by atoms with van der Waals surface area (Å²) in [5, 5.41) is 3.90. The van der Waals surface area contributed by atoms with E-state index < -0.39 is 10.0 Å². The number of nitrogens with one attached hydrogen (secondary N) is 1. The van der Waals surface area contributed by atoms with Gasteiger partial charge in [-0.15, -0.1) is 0 Å². The molecule has 0 atom stereocenters. The van der Waals surface area contributed by atoms with E-state index >= 15 is 0 Å². The molecule has 0 bridgehead atoms. The molecule has 0 aliphatic carbocycles. The van der Waals surface area contributed by atoms with Crippen LogP contribution in [0, 0.1) is 0 Å². The predicted molar refractivity (Wildman–Crippen MR) is 65.5 cm³/mol. The lowest BCUT2D eigenvalue weighted by atomic mass is 10.4. The van der Waals surface area contributed by atoms with E-state index in [9.17, 15) is 8.42 Å². The van der Waals surface area contributed by atoms with E-state index in [2.05, 4.69) is 35.7 Å². The molecular formula is C8H8BrN5O2S. The van der Waals surface area contributed by atoms with E-state index in [1.165, 1.54) is 23.5 Å². The fourth-order valence-electron chi connectivity index (χ4n) is 1.12. The van der Waals surface area contributed by atoms with Gasteiger partial charge in [-0.2, -0.15) is 5.10 Å². The van der Waals surface area contributed by atoms with Gasteiger partial charge in [0.25, 0.3) is 0 Å². The van der Waals surface area contributed by atoms with Crippen molar-refractivity contribution in [3.05, 3.63) is 31.0 Å². The minimum absolute atomic E-state index is 0.162. The van der Waals surface area contributed by atoms with E-state index in [4.69, 9.17) is 0 Å². The van der Waals surface area contributed by atoms with Gasteiger partial charge >= 0.3 is 0 Å². The molecule has 0 saturated heterocycles. The van der Waals surface area contributed by atoms with Crippen LogP contribution in [-0.4, -0.2) is 32.8 Å². The highest BCUT2D eigenvalue weighted by Gasteiger charge is 2.08. The molecule has 0 radical (unpaired) electrons. The first kappa shape index (κ1) is 12.0. The molecule has 90 valence electrons. The van der Waals surface area contributed by atoms with Gasteiger partial charge in [-0.3, -0.25) is 4.72 Å². The number of sulfonamides is 1. The molecule has 0 unspecified atom stereocenters. The minimum atomic E-state index is -3.35. The van der Waals surface area contributed by atoms with Crippen molar-refractivity contribution in [2.75, 3.05) is 9.38 Å². The van der Waals surface area contributed by atoms with Crippen molar-refractivity contribution >= 4 is 31.6 Å². The molecule has 0 aromatic carbocycles. The maximum absolute atomic E-state index is 11.3. The third-order valence-corrected chi connectivity index (χ3v) is 4.46. The summed E-state index contributed by atoms with van der Waals surface area (Å²) < 4.78 is 26.2. The van der Waals surface area contributed by atoms with E-state index in [0.29, 0.717) is 11.5 Å². The second-order valence-electron chi connectivity index (χ2n) is 3.07. The van der Waals surface area contributed by atoms with Crippen molar-refractivity contribution < 1.29 is 8.42 Å². The van der Waals surface area contributed by atoms with Crippen LogP contribution in [0.3, 0.4) is 0 Å². The third kappa shape index (κ3) is 3.01. The molecule has 1 N–H and O–H groups in total. The maximum atomic E-state index is 11.3. The Balaban J connectivity index is 2.19. The Labute approximate surface area is 106 Å². The van der Waals surface area contributed by atoms with Crippen molar-refractivity contribution in [2.24, 2.45) is 0 Å². The lowest BCUT2D eigenvalue weighted by molar-refractivity contribution is 0.606. The summed E-state index contributed by atoms with van der Waals surface area (Å²) in [6.07, 6.45) is 4.31. The highest BCUT2D eigenvalue weighted by atomic mass is 79.9. The molecule has 2 heterocycles. The molecule has 0 aliphatic rings. The van der Waals surface area contributed by atoms with E-state index in [1.54, 1.807) is 12.1 Å². The highest BCUT2D eigenvalue weighted by molar-refractivity contribution is 9.10. The summed E-state index contributed by atoms with van der Waals surface area (Å²) in [6.45, 7) is 0. The minimum Gasteiger partial charge on any atom is -0.281 e. The monoisotopic (exact) mass is 317 g/mol. The zero-order valence-corrected chi connectivity index (χ0v) is 10.9. The Morgan fingerprint density at radius 2 is 2.24 bits per heavy atom. The Morgan fingerprint density at radius 1 is 1.41 bits per heavy atom. The van der Waals surface area contributed by atoms with E-state index in [0.717, 1.165) is 0 Å². The Morgan fingerprint density at radius 3 is 2.76 bits per heavy atom. The molecule has 7 nitrogen and oxygen atoms in total. The molecule has 2 aromatic rings. The van der Waals surface area contributed by atoms with Crippen molar-refractivity contribution in [1.29, 1.82) is 0 Å². The van der Waals surface area contributed by atoms with Crippen molar-refractivity contribution in [2.45, 2.75) is 0 Å². The molecule has 2 rings (SSSR count). The van der Waals surface area contributed by atoms with Crippen molar-refractivity contribution in [3.8, 4) is 5.82 Å². The number of hydrogen-bond donors (Lipinski definition) is 1. The van der Waals surface area contributed by atoms with Crippen molar-refractivity contribution in [1.82, 2.24) is 19.7 Å². The second kappa shape index (κ2) is 4.80. The summed E-state index contributed by atoms with van der Waals surface area (Å²) in [5.74, 6) is 0.560. The van der Waals surface area contributed by atoms with Crippen LogP contribution in [0.4, 0.5) is 5.69 Å². The van der Waals surface area contributed by atoms with E-state index in [1.807, 2.05) is 0 Å². The lowest BCUT2D eigenvalue weighted by Crippen LogP contribution is -2.13. The fraction of sp³-hybridized carbons (Fsp3) is 0.125. The van der Waals surface area contributed by atoms with Gasteiger partial charge in [0.15, 0.2) is 5.82 Å². The summed E-state index contributed by atoms with van der Waals surface area (Å²) in [5.41, 5.74) is 0.397.